The van der Waals surface area contributed by atoms with Crippen molar-refractivity contribution < 1.29 is 10.2 Å². The summed E-state index contributed by atoms with van der Waals surface area (Å²) in [5, 5.41) is 29.2. The zero-order valence-corrected chi connectivity index (χ0v) is 9.11. The van der Waals surface area contributed by atoms with Crippen LogP contribution in [0.25, 0.3) is 0 Å². The van der Waals surface area contributed by atoms with Gasteiger partial charge in [-0.05, 0) is 6.42 Å². The van der Waals surface area contributed by atoms with Crippen molar-refractivity contribution in [1.29, 1.82) is 0 Å². The topological polar surface area (TPSA) is 82.0 Å². The molecule has 1 aromatic heterocycles. The van der Waals surface area contributed by atoms with E-state index in [4.69, 9.17) is 0 Å². The number of aliphatic hydroxyl groups is 2. The molecule has 0 bridgehead atoms. The van der Waals surface area contributed by atoms with Gasteiger partial charge in [0.1, 0.15) is 0 Å². The first-order chi connectivity index (χ1) is 7.20. The molecule has 15 heavy (non-hydrogen) atoms. The van der Waals surface area contributed by atoms with E-state index >= 15 is 0 Å². The van der Waals surface area contributed by atoms with Gasteiger partial charge in [-0.3, -0.25) is 5.10 Å². The van der Waals surface area contributed by atoms with Gasteiger partial charge in [0, 0.05) is 12.6 Å². The molecule has 0 aromatic carbocycles. The summed E-state index contributed by atoms with van der Waals surface area (Å²) in [5.74, 6) is 0. The minimum atomic E-state index is -1.05. The summed E-state index contributed by atoms with van der Waals surface area (Å²) >= 11 is 0. The van der Waals surface area contributed by atoms with Crippen molar-refractivity contribution in [2.45, 2.75) is 44.6 Å². The first-order valence-corrected chi connectivity index (χ1v) is 5.39. The van der Waals surface area contributed by atoms with Crippen LogP contribution in [0.2, 0.25) is 0 Å². The van der Waals surface area contributed by atoms with Crippen LogP contribution in [0.15, 0.2) is 6.20 Å². The fourth-order valence-corrected chi connectivity index (χ4v) is 1.58. The fraction of sp³-hybridized carbons (Fsp3) is 0.800. The molecule has 1 atom stereocenters. The van der Waals surface area contributed by atoms with Gasteiger partial charge in [0.15, 0.2) is 0 Å². The van der Waals surface area contributed by atoms with E-state index in [1.165, 1.54) is 0 Å². The zero-order valence-electron chi connectivity index (χ0n) is 9.11. The Hall–Kier alpha value is -0.940. The Bertz CT molecular complexity index is 264. The van der Waals surface area contributed by atoms with Crippen LogP contribution in [0.5, 0.6) is 0 Å². The number of aromatic nitrogens is 3. The molecule has 0 spiro atoms. The van der Waals surface area contributed by atoms with Crippen LogP contribution in [-0.2, 0) is 6.42 Å². The van der Waals surface area contributed by atoms with Gasteiger partial charge < -0.3 is 10.2 Å². The first kappa shape index (κ1) is 12.1. The number of hydrogen-bond donors (Lipinski definition) is 3. The van der Waals surface area contributed by atoms with Crippen molar-refractivity contribution >= 4 is 0 Å². The number of hydrogen-bond acceptors (Lipinski definition) is 4. The van der Waals surface area contributed by atoms with E-state index in [2.05, 4.69) is 22.3 Å². The van der Waals surface area contributed by atoms with Crippen molar-refractivity contribution in [2.24, 2.45) is 0 Å². The number of nitrogens with one attached hydrogen (secondary N) is 1. The molecular formula is C10H19N3O2. The van der Waals surface area contributed by atoms with Crippen molar-refractivity contribution in [2.75, 3.05) is 6.61 Å². The van der Waals surface area contributed by atoms with E-state index in [-0.39, 0.29) is 6.61 Å². The van der Waals surface area contributed by atoms with Crippen LogP contribution < -0.4 is 0 Å². The second-order valence-electron chi connectivity index (χ2n) is 3.98. The van der Waals surface area contributed by atoms with Crippen LogP contribution in [0, 0.1) is 0 Å². The van der Waals surface area contributed by atoms with E-state index in [0.29, 0.717) is 18.5 Å². The SMILES string of the molecule is CCCCCC(O)(CO)Cc1c[nH]nn1. The second-order valence-corrected chi connectivity index (χ2v) is 3.98. The molecule has 1 unspecified atom stereocenters. The monoisotopic (exact) mass is 213 g/mol. The highest BCUT2D eigenvalue weighted by Gasteiger charge is 2.26. The predicted molar refractivity (Wildman–Crippen MR) is 56.3 cm³/mol. The molecule has 0 fully saturated rings. The lowest BCUT2D eigenvalue weighted by Gasteiger charge is -2.24. The van der Waals surface area contributed by atoms with Gasteiger partial charge in [-0.1, -0.05) is 31.4 Å². The molecule has 0 amide bonds. The third-order valence-electron chi connectivity index (χ3n) is 2.52. The Labute approximate surface area is 89.5 Å². The van der Waals surface area contributed by atoms with Crippen LogP contribution in [-0.4, -0.2) is 37.8 Å². The normalized spacial score (nSPS) is 15.1. The van der Waals surface area contributed by atoms with Gasteiger partial charge in [0.05, 0.1) is 17.9 Å². The third-order valence-corrected chi connectivity index (χ3v) is 2.52. The first-order valence-electron chi connectivity index (χ1n) is 5.39. The smallest absolute Gasteiger partial charge is 0.0933 e. The van der Waals surface area contributed by atoms with E-state index in [1.807, 2.05) is 0 Å². The maximum Gasteiger partial charge on any atom is 0.0933 e. The van der Waals surface area contributed by atoms with E-state index < -0.39 is 5.60 Å². The number of H-pyrrole nitrogens is 1. The lowest BCUT2D eigenvalue weighted by molar-refractivity contribution is -0.0233. The van der Waals surface area contributed by atoms with E-state index in [1.54, 1.807) is 6.20 Å². The summed E-state index contributed by atoms with van der Waals surface area (Å²) in [6.07, 6.45) is 5.69. The molecule has 0 aliphatic heterocycles. The molecular weight excluding hydrogens is 194 g/mol. The van der Waals surface area contributed by atoms with Crippen LogP contribution in [0.3, 0.4) is 0 Å². The molecule has 0 aliphatic carbocycles. The van der Waals surface area contributed by atoms with Crippen LogP contribution in [0.4, 0.5) is 0 Å². The summed E-state index contributed by atoms with van der Waals surface area (Å²) in [6, 6.07) is 0. The number of rotatable bonds is 7. The average Bonchev–Trinajstić information content (AvgIpc) is 2.71. The molecule has 0 saturated heterocycles. The molecule has 1 heterocycles. The Morgan fingerprint density at radius 1 is 1.47 bits per heavy atom. The highest BCUT2D eigenvalue weighted by molar-refractivity contribution is 4.98. The molecule has 1 rings (SSSR count). The largest absolute Gasteiger partial charge is 0.393 e. The van der Waals surface area contributed by atoms with Gasteiger partial charge in [-0.2, -0.15) is 0 Å². The Balaban J connectivity index is 2.44. The van der Waals surface area contributed by atoms with Crippen LogP contribution in [0.1, 0.15) is 38.3 Å². The lowest BCUT2D eigenvalue weighted by Crippen LogP contribution is -2.36. The second kappa shape index (κ2) is 5.82. The molecule has 3 N–H and O–H groups in total. The Kier molecular flexibility index (Phi) is 4.71. The van der Waals surface area contributed by atoms with Gasteiger partial charge in [0.2, 0.25) is 0 Å². The number of aromatic amines is 1. The minimum absolute atomic E-state index is 0.233. The maximum absolute atomic E-state index is 10.1. The third kappa shape index (κ3) is 3.97. The molecule has 0 aliphatic rings. The molecule has 0 saturated carbocycles. The number of unbranched alkanes of at least 4 members (excludes halogenated alkanes) is 2. The summed E-state index contributed by atoms with van der Waals surface area (Å²) in [5.41, 5.74) is -0.366. The van der Waals surface area contributed by atoms with Gasteiger partial charge in [-0.25, -0.2) is 0 Å². The van der Waals surface area contributed by atoms with E-state index in [0.717, 1.165) is 19.3 Å². The highest BCUT2D eigenvalue weighted by Crippen LogP contribution is 2.18. The van der Waals surface area contributed by atoms with Crippen molar-refractivity contribution in [1.82, 2.24) is 15.4 Å². The van der Waals surface area contributed by atoms with E-state index in [9.17, 15) is 10.2 Å². The van der Waals surface area contributed by atoms with Crippen molar-refractivity contribution in [3.63, 3.8) is 0 Å². The standard InChI is InChI=1S/C10H19N3O2/c1-2-3-4-5-10(15,8-14)6-9-7-11-13-12-9/h7,14-15H,2-6,8H2,1H3,(H,11,12,13). The summed E-state index contributed by atoms with van der Waals surface area (Å²) in [4.78, 5) is 0. The van der Waals surface area contributed by atoms with Crippen LogP contribution >= 0.6 is 0 Å². The predicted octanol–water partition coefficient (Wildman–Crippen LogP) is 0.651. The molecule has 5 heteroatoms. The Morgan fingerprint density at radius 3 is 2.80 bits per heavy atom. The number of aliphatic hydroxyl groups excluding tert-OH is 1. The van der Waals surface area contributed by atoms with Gasteiger partial charge in [-0.15, -0.1) is 5.10 Å². The molecule has 86 valence electrons. The fourth-order valence-electron chi connectivity index (χ4n) is 1.58. The number of nitrogens with zero attached hydrogens (tertiary/aromatic N) is 2. The molecule has 0 radical (unpaired) electrons. The highest BCUT2D eigenvalue weighted by atomic mass is 16.3. The summed E-state index contributed by atoms with van der Waals surface area (Å²) < 4.78 is 0. The van der Waals surface area contributed by atoms with Crippen molar-refractivity contribution in [3.8, 4) is 0 Å². The van der Waals surface area contributed by atoms with Gasteiger partial charge >= 0.3 is 0 Å². The lowest BCUT2D eigenvalue weighted by atomic mass is 9.92. The van der Waals surface area contributed by atoms with Crippen molar-refractivity contribution in [3.05, 3.63) is 11.9 Å². The minimum Gasteiger partial charge on any atom is -0.393 e. The maximum atomic E-state index is 10.1. The summed E-state index contributed by atoms with van der Waals surface area (Å²) in [7, 11) is 0. The summed E-state index contributed by atoms with van der Waals surface area (Å²) in [6.45, 7) is 1.87. The molecule has 5 nitrogen and oxygen atoms in total. The zero-order chi connectivity index (χ0) is 11.1. The quantitative estimate of drug-likeness (QED) is 0.581. The van der Waals surface area contributed by atoms with Gasteiger partial charge in [0.25, 0.3) is 0 Å². The Morgan fingerprint density at radius 2 is 2.27 bits per heavy atom. The average molecular weight is 213 g/mol. The molecule has 1 aromatic rings.